The first-order valence-corrected chi connectivity index (χ1v) is 6.85. The van der Waals surface area contributed by atoms with Crippen LogP contribution in [0.5, 0.6) is 0 Å². The smallest absolute Gasteiger partial charge is 0.169 e. The van der Waals surface area contributed by atoms with Crippen LogP contribution in [0, 0.1) is 0 Å². The first-order valence-electron chi connectivity index (χ1n) is 5.60. The van der Waals surface area contributed by atoms with Crippen LogP contribution in [0.2, 0.25) is 5.02 Å². The van der Waals surface area contributed by atoms with Gasteiger partial charge in [0.1, 0.15) is 0 Å². The number of aromatic nitrogens is 2. The molecule has 1 atom stereocenters. The molecule has 0 fully saturated rings. The van der Waals surface area contributed by atoms with Crippen LogP contribution in [-0.4, -0.2) is 9.97 Å². The second-order valence-electron chi connectivity index (χ2n) is 4.22. The van der Waals surface area contributed by atoms with Crippen LogP contribution in [0.15, 0.2) is 17.6 Å². The fourth-order valence-corrected chi connectivity index (χ4v) is 3.14. The Morgan fingerprint density at radius 2 is 2.35 bits per heavy atom. The van der Waals surface area contributed by atoms with Crippen LogP contribution in [0.4, 0.5) is 0 Å². The molecule has 2 aromatic heterocycles. The van der Waals surface area contributed by atoms with E-state index in [1.165, 1.54) is 0 Å². The van der Waals surface area contributed by atoms with Crippen molar-refractivity contribution in [1.82, 2.24) is 9.97 Å². The first-order chi connectivity index (χ1) is 8.24. The summed E-state index contributed by atoms with van der Waals surface area (Å²) in [5, 5.41) is 2.63. The van der Waals surface area contributed by atoms with E-state index in [4.69, 9.17) is 17.3 Å². The van der Waals surface area contributed by atoms with E-state index in [0.29, 0.717) is 0 Å². The molecule has 5 heteroatoms. The van der Waals surface area contributed by atoms with Gasteiger partial charge >= 0.3 is 0 Å². The summed E-state index contributed by atoms with van der Waals surface area (Å²) >= 11 is 7.48. The highest BCUT2D eigenvalue weighted by Gasteiger charge is 2.19. The van der Waals surface area contributed by atoms with Crippen molar-refractivity contribution in [1.29, 1.82) is 0 Å². The number of rotatable bonds is 1. The van der Waals surface area contributed by atoms with Gasteiger partial charge in [0.05, 0.1) is 9.90 Å². The van der Waals surface area contributed by atoms with Crippen LogP contribution >= 0.6 is 22.9 Å². The molecule has 2 heterocycles. The zero-order valence-corrected chi connectivity index (χ0v) is 10.8. The molecule has 2 aromatic rings. The molecule has 1 unspecified atom stereocenters. The minimum Gasteiger partial charge on any atom is -0.324 e. The summed E-state index contributed by atoms with van der Waals surface area (Å²) in [4.78, 5) is 10.0. The summed E-state index contributed by atoms with van der Waals surface area (Å²) in [7, 11) is 0. The number of nitrogens with two attached hydrogens (primary N) is 1. The van der Waals surface area contributed by atoms with E-state index in [1.807, 2.05) is 17.6 Å². The third-order valence-corrected chi connectivity index (χ3v) is 4.29. The minimum atomic E-state index is 0.0970. The van der Waals surface area contributed by atoms with Gasteiger partial charge in [-0.2, -0.15) is 0 Å². The number of hydrogen-bond acceptors (Lipinski definition) is 4. The number of hydrogen-bond donors (Lipinski definition) is 1. The average Bonchev–Trinajstić information content (AvgIpc) is 2.76. The lowest BCUT2D eigenvalue weighted by atomic mass is 9.93. The van der Waals surface area contributed by atoms with Gasteiger partial charge in [0.2, 0.25) is 0 Å². The van der Waals surface area contributed by atoms with E-state index < -0.39 is 0 Å². The minimum absolute atomic E-state index is 0.0970. The molecule has 0 amide bonds. The third-order valence-electron chi connectivity index (χ3n) is 3.02. The Kier molecular flexibility index (Phi) is 2.86. The van der Waals surface area contributed by atoms with E-state index >= 15 is 0 Å². The van der Waals surface area contributed by atoms with Gasteiger partial charge in [-0.3, -0.25) is 0 Å². The molecule has 1 aliphatic carbocycles. The molecule has 0 bridgehead atoms. The van der Waals surface area contributed by atoms with Gasteiger partial charge < -0.3 is 5.73 Å². The highest BCUT2D eigenvalue weighted by Crippen LogP contribution is 2.30. The first kappa shape index (κ1) is 11.1. The standard InChI is InChI=1S/C12H12ClN3S/c13-7-4-11(17-6-7)12-15-5-8-9(14)2-1-3-10(8)16-12/h4-6,9H,1-3,14H2. The van der Waals surface area contributed by atoms with Crippen molar-refractivity contribution < 1.29 is 0 Å². The Balaban J connectivity index is 2.03. The molecule has 2 N–H and O–H groups in total. The summed E-state index contributed by atoms with van der Waals surface area (Å²) < 4.78 is 0. The summed E-state index contributed by atoms with van der Waals surface area (Å²) in [6.45, 7) is 0. The number of thiophene rings is 1. The molecule has 0 aliphatic heterocycles. The molecular formula is C12H12ClN3S. The Morgan fingerprint density at radius 3 is 3.12 bits per heavy atom. The number of nitrogens with zero attached hydrogens (tertiary/aromatic N) is 2. The summed E-state index contributed by atoms with van der Waals surface area (Å²) in [5.74, 6) is 0.759. The van der Waals surface area contributed by atoms with Gasteiger partial charge in [0, 0.05) is 28.9 Å². The maximum absolute atomic E-state index is 6.04. The van der Waals surface area contributed by atoms with Gasteiger partial charge in [-0.05, 0) is 25.3 Å². The van der Waals surface area contributed by atoms with Gasteiger partial charge in [-0.15, -0.1) is 11.3 Å². The van der Waals surface area contributed by atoms with Crippen molar-refractivity contribution in [3.8, 4) is 10.7 Å². The Hall–Kier alpha value is -0.970. The molecule has 0 saturated carbocycles. The fourth-order valence-electron chi connectivity index (χ4n) is 2.13. The molecule has 88 valence electrons. The van der Waals surface area contributed by atoms with Gasteiger partial charge in [0.15, 0.2) is 5.82 Å². The maximum Gasteiger partial charge on any atom is 0.169 e. The maximum atomic E-state index is 6.04. The van der Waals surface area contributed by atoms with E-state index in [-0.39, 0.29) is 6.04 Å². The van der Waals surface area contributed by atoms with Crippen LogP contribution in [-0.2, 0) is 6.42 Å². The lowest BCUT2D eigenvalue weighted by Crippen LogP contribution is -2.19. The average molecular weight is 266 g/mol. The molecular weight excluding hydrogens is 254 g/mol. The molecule has 3 nitrogen and oxygen atoms in total. The molecule has 0 aromatic carbocycles. The second-order valence-corrected chi connectivity index (χ2v) is 5.57. The summed E-state index contributed by atoms with van der Waals surface area (Å²) in [6.07, 6.45) is 5.00. The largest absolute Gasteiger partial charge is 0.324 e. The van der Waals surface area contributed by atoms with Gasteiger partial charge in [0.25, 0.3) is 0 Å². The Labute approximate surface area is 109 Å². The van der Waals surface area contributed by atoms with Crippen molar-refractivity contribution in [2.24, 2.45) is 5.73 Å². The fraction of sp³-hybridized carbons (Fsp3) is 0.333. The van der Waals surface area contributed by atoms with E-state index in [0.717, 1.165) is 46.2 Å². The molecule has 3 rings (SSSR count). The topological polar surface area (TPSA) is 51.8 Å². The van der Waals surface area contributed by atoms with Crippen molar-refractivity contribution in [3.63, 3.8) is 0 Å². The SMILES string of the molecule is NC1CCCc2nc(-c3cc(Cl)cs3)ncc21. The zero-order valence-electron chi connectivity index (χ0n) is 9.19. The van der Waals surface area contributed by atoms with E-state index in [1.54, 1.807) is 11.3 Å². The quantitative estimate of drug-likeness (QED) is 0.862. The van der Waals surface area contributed by atoms with Crippen LogP contribution < -0.4 is 5.73 Å². The monoisotopic (exact) mass is 265 g/mol. The van der Waals surface area contributed by atoms with Crippen molar-refractivity contribution in [2.45, 2.75) is 25.3 Å². The number of halogens is 1. The third kappa shape index (κ3) is 2.08. The predicted octanol–water partition coefficient (Wildman–Crippen LogP) is 3.19. The number of aryl methyl sites for hydroxylation is 1. The Morgan fingerprint density at radius 1 is 1.47 bits per heavy atom. The second kappa shape index (κ2) is 4.37. The van der Waals surface area contributed by atoms with E-state index in [9.17, 15) is 0 Å². The van der Waals surface area contributed by atoms with Gasteiger partial charge in [-0.25, -0.2) is 9.97 Å². The summed E-state index contributed by atoms with van der Waals surface area (Å²) in [6, 6.07) is 2.00. The molecule has 17 heavy (non-hydrogen) atoms. The van der Waals surface area contributed by atoms with Crippen LogP contribution in [0.1, 0.15) is 30.1 Å². The van der Waals surface area contributed by atoms with Crippen molar-refractivity contribution in [2.75, 3.05) is 0 Å². The van der Waals surface area contributed by atoms with Crippen LogP contribution in [0.25, 0.3) is 10.7 Å². The zero-order chi connectivity index (χ0) is 11.8. The normalized spacial score (nSPS) is 19.1. The molecule has 0 saturated heterocycles. The predicted molar refractivity (Wildman–Crippen MR) is 70.2 cm³/mol. The molecule has 1 aliphatic rings. The van der Waals surface area contributed by atoms with Crippen LogP contribution in [0.3, 0.4) is 0 Å². The highest BCUT2D eigenvalue weighted by molar-refractivity contribution is 7.14. The van der Waals surface area contributed by atoms with Crippen molar-refractivity contribution in [3.05, 3.63) is 33.9 Å². The lowest BCUT2D eigenvalue weighted by Gasteiger charge is -2.20. The van der Waals surface area contributed by atoms with Gasteiger partial charge in [-0.1, -0.05) is 11.6 Å². The molecule has 0 spiro atoms. The highest BCUT2D eigenvalue weighted by atomic mass is 35.5. The van der Waals surface area contributed by atoms with Crippen molar-refractivity contribution >= 4 is 22.9 Å². The van der Waals surface area contributed by atoms with E-state index in [2.05, 4.69) is 9.97 Å². The lowest BCUT2D eigenvalue weighted by molar-refractivity contribution is 0.557. The Bertz CT molecular complexity index is 552. The molecule has 0 radical (unpaired) electrons. The summed E-state index contributed by atoms with van der Waals surface area (Å²) in [5.41, 5.74) is 8.24. The number of fused-ring (bicyclic) bond motifs is 1.